The van der Waals surface area contributed by atoms with Gasteiger partial charge in [-0.05, 0) is 25.5 Å². The van der Waals surface area contributed by atoms with Crippen molar-refractivity contribution in [1.29, 1.82) is 0 Å². The Morgan fingerprint density at radius 1 is 1.48 bits per heavy atom. The highest BCUT2D eigenvalue weighted by molar-refractivity contribution is 8.01. The van der Waals surface area contributed by atoms with Crippen LogP contribution in [0.3, 0.4) is 0 Å². The number of hydrogen-bond donors (Lipinski definition) is 3. The second-order valence-electron chi connectivity index (χ2n) is 5.44. The molecule has 3 unspecified atom stereocenters. The fourth-order valence-electron chi connectivity index (χ4n) is 2.38. The van der Waals surface area contributed by atoms with Crippen LogP contribution in [0.1, 0.15) is 26.7 Å². The van der Waals surface area contributed by atoms with Crippen molar-refractivity contribution in [3.05, 3.63) is 24.3 Å². The Labute approximate surface area is 140 Å². The van der Waals surface area contributed by atoms with E-state index in [0.29, 0.717) is 24.3 Å². The number of rotatable bonds is 6. The standard InChI is InChI=1S/C16H23N3O3S/c1-4-13(23-16-17-10(2)9-14(20)19-16)15(21)18-11-7-5-6-8-12(11)22-3/h5-8,10,13,16-17H,4,9H2,1-3H3,(H,18,21)(H,19,20). The van der Waals surface area contributed by atoms with Crippen LogP contribution < -0.4 is 20.7 Å². The topological polar surface area (TPSA) is 79.5 Å². The zero-order valence-electron chi connectivity index (χ0n) is 13.6. The van der Waals surface area contributed by atoms with E-state index in [1.54, 1.807) is 19.2 Å². The molecule has 0 radical (unpaired) electrons. The average molecular weight is 337 g/mol. The smallest absolute Gasteiger partial charge is 0.237 e. The van der Waals surface area contributed by atoms with E-state index in [1.165, 1.54) is 11.8 Å². The maximum Gasteiger partial charge on any atom is 0.237 e. The van der Waals surface area contributed by atoms with Crippen molar-refractivity contribution in [2.45, 2.75) is 43.5 Å². The summed E-state index contributed by atoms with van der Waals surface area (Å²) < 4.78 is 5.25. The number of thioether (sulfide) groups is 1. The molecule has 0 aromatic heterocycles. The van der Waals surface area contributed by atoms with E-state index in [-0.39, 0.29) is 28.6 Å². The second-order valence-corrected chi connectivity index (χ2v) is 6.75. The summed E-state index contributed by atoms with van der Waals surface area (Å²) in [7, 11) is 1.57. The van der Waals surface area contributed by atoms with Gasteiger partial charge in [-0.25, -0.2) is 0 Å². The van der Waals surface area contributed by atoms with E-state index in [1.807, 2.05) is 26.0 Å². The van der Waals surface area contributed by atoms with Crippen LogP contribution in [-0.2, 0) is 9.59 Å². The molecule has 3 atom stereocenters. The number of hydrogen-bond acceptors (Lipinski definition) is 5. The zero-order valence-corrected chi connectivity index (χ0v) is 14.4. The predicted octanol–water partition coefficient (Wildman–Crippen LogP) is 1.93. The molecular formula is C16H23N3O3S. The van der Waals surface area contributed by atoms with Crippen molar-refractivity contribution >= 4 is 29.3 Å². The number of methoxy groups -OCH3 is 1. The van der Waals surface area contributed by atoms with E-state index in [0.717, 1.165) is 0 Å². The van der Waals surface area contributed by atoms with Gasteiger partial charge in [-0.1, -0.05) is 19.1 Å². The van der Waals surface area contributed by atoms with Crippen molar-refractivity contribution in [3.8, 4) is 5.75 Å². The molecule has 1 aliphatic heterocycles. The van der Waals surface area contributed by atoms with Crippen molar-refractivity contribution < 1.29 is 14.3 Å². The van der Waals surface area contributed by atoms with Gasteiger partial charge in [0.1, 0.15) is 11.2 Å². The first-order valence-corrected chi connectivity index (χ1v) is 8.62. The summed E-state index contributed by atoms with van der Waals surface area (Å²) in [6, 6.07) is 7.40. The fraction of sp³-hybridized carbons (Fsp3) is 0.500. The Kier molecular flexibility index (Phi) is 6.29. The molecule has 1 aromatic carbocycles. The van der Waals surface area contributed by atoms with Crippen molar-refractivity contribution in [2.75, 3.05) is 12.4 Å². The molecule has 1 aliphatic rings. The molecule has 0 saturated carbocycles. The minimum atomic E-state index is -0.275. The third-order valence-electron chi connectivity index (χ3n) is 3.55. The number of carbonyl (C=O) groups excluding carboxylic acids is 2. The first-order chi connectivity index (χ1) is 11.0. The summed E-state index contributed by atoms with van der Waals surface area (Å²) in [6.07, 6.45) is 1.12. The highest BCUT2D eigenvalue weighted by Crippen LogP contribution is 2.26. The molecule has 2 amide bonds. The Bertz CT molecular complexity index is 567. The van der Waals surface area contributed by atoms with Crippen LogP contribution in [0.25, 0.3) is 0 Å². The van der Waals surface area contributed by atoms with Gasteiger partial charge >= 0.3 is 0 Å². The molecule has 2 rings (SSSR count). The Morgan fingerprint density at radius 3 is 2.87 bits per heavy atom. The summed E-state index contributed by atoms with van der Waals surface area (Å²) in [6.45, 7) is 3.91. The first kappa shape index (κ1) is 17.6. The lowest BCUT2D eigenvalue weighted by Crippen LogP contribution is -2.54. The number of benzene rings is 1. The van der Waals surface area contributed by atoms with E-state index < -0.39 is 0 Å². The van der Waals surface area contributed by atoms with Crippen LogP contribution in [0.2, 0.25) is 0 Å². The number of amides is 2. The van der Waals surface area contributed by atoms with Crippen molar-refractivity contribution in [1.82, 2.24) is 10.6 Å². The summed E-state index contributed by atoms with van der Waals surface area (Å²) in [5.74, 6) is 0.531. The number of para-hydroxylation sites is 2. The van der Waals surface area contributed by atoms with Gasteiger partial charge in [-0.2, -0.15) is 0 Å². The lowest BCUT2D eigenvalue weighted by Gasteiger charge is -2.31. The van der Waals surface area contributed by atoms with Crippen LogP contribution in [0.5, 0.6) is 5.75 Å². The van der Waals surface area contributed by atoms with Gasteiger partial charge in [0.2, 0.25) is 11.8 Å². The lowest BCUT2D eigenvalue weighted by atomic mass is 10.2. The van der Waals surface area contributed by atoms with Gasteiger partial charge in [0.15, 0.2) is 0 Å². The maximum absolute atomic E-state index is 12.5. The zero-order chi connectivity index (χ0) is 16.8. The third-order valence-corrected chi connectivity index (χ3v) is 4.95. The Balaban J connectivity index is 1.99. The predicted molar refractivity (Wildman–Crippen MR) is 92.4 cm³/mol. The average Bonchev–Trinajstić information content (AvgIpc) is 2.52. The molecule has 1 heterocycles. The summed E-state index contributed by atoms with van der Waals surface area (Å²) in [5.41, 5.74) is 0.396. The monoisotopic (exact) mass is 337 g/mol. The van der Waals surface area contributed by atoms with Crippen LogP contribution in [0.15, 0.2) is 24.3 Å². The van der Waals surface area contributed by atoms with Gasteiger partial charge < -0.3 is 15.4 Å². The lowest BCUT2D eigenvalue weighted by molar-refractivity contribution is -0.123. The van der Waals surface area contributed by atoms with Gasteiger partial charge in [0.25, 0.3) is 0 Å². The van der Waals surface area contributed by atoms with Crippen LogP contribution in [0.4, 0.5) is 5.69 Å². The quantitative estimate of drug-likeness (QED) is 0.739. The number of carbonyl (C=O) groups is 2. The van der Waals surface area contributed by atoms with E-state index in [4.69, 9.17) is 4.74 Å². The summed E-state index contributed by atoms with van der Waals surface area (Å²) >= 11 is 1.42. The number of ether oxygens (including phenoxy) is 1. The second kappa shape index (κ2) is 8.21. The van der Waals surface area contributed by atoms with Crippen molar-refractivity contribution in [3.63, 3.8) is 0 Å². The Hall–Kier alpha value is -1.73. The molecule has 0 spiro atoms. The van der Waals surface area contributed by atoms with Gasteiger partial charge in [0.05, 0.1) is 18.0 Å². The number of anilines is 1. The maximum atomic E-state index is 12.5. The molecule has 1 aromatic rings. The Morgan fingerprint density at radius 2 is 2.22 bits per heavy atom. The molecule has 0 aliphatic carbocycles. The summed E-state index contributed by atoms with van der Waals surface area (Å²) in [5, 5.41) is 8.76. The van der Waals surface area contributed by atoms with E-state index >= 15 is 0 Å². The highest BCUT2D eigenvalue weighted by Gasteiger charge is 2.28. The molecular weight excluding hydrogens is 314 g/mol. The molecule has 23 heavy (non-hydrogen) atoms. The van der Waals surface area contributed by atoms with Crippen LogP contribution in [0, 0.1) is 0 Å². The van der Waals surface area contributed by atoms with E-state index in [2.05, 4.69) is 16.0 Å². The normalized spacial score (nSPS) is 22.1. The number of nitrogens with one attached hydrogen (secondary N) is 3. The van der Waals surface area contributed by atoms with Crippen LogP contribution in [-0.4, -0.2) is 35.7 Å². The SMILES string of the molecule is CCC(SC1NC(=O)CC(C)N1)C(=O)Nc1ccccc1OC. The first-order valence-electron chi connectivity index (χ1n) is 7.68. The van der Waals surface area contributed by atoms with Crippen LogP contribution >= 0.6 is 11.8 Å². The summed E-state index contributed by atoms with van der Waals surface area (Å²) in [4.78, 5) is 24.1. The van der Waals surface area contributed by atoms with E-state index in [9.17, 15) is 9.59 Å². The minimum absolute atomic E-state index is 0.00809. The minimum Gasteiger partial charge on any atom is -0.495 e. The molecule has 1 fully saturated rings. The largest absolute Gasteiger partial charge is 0.495 e. The molecule has 0 bridgehead atoms. The highest BCUT2D eigenvalue weighted by atomic mass is 32.2. The van der Waals surface area contributed by atoms with Gasteiger partial charge in [0, 0.05) is 12.5 Å². The molecule has 1 saturated heterocycles. The molecule has 6 nitrogen and oxygen atoms in total. The molecule has 3 N–H and O–H groups in total. The van der Waals surface area contributed by atoms with Gasteiger partial charge in [-0.3, -0.25) is 14.9 Å². The molecule has 126 valence electrons. The van der Waals surface area contributed by atoms with Crippen molar-refractivity contribution in [2.24, 2.45) is 0 Å². The van der Waals surface area contributed by atoms with Gasteiger partial charge in [-0.15, -0.1) is 11.8 Å². The third kappa shape index (κ3) is 4.87. The molecule has 7 heteroatoms. The fourth-order valence-corrected chi connectivity index (χ4v) is 3.60.